The van der Waals surface area contributed by atoms with Gasteiger partial charge in [0.05, 0.1) is 28.9 Å². The van der Waals surface area contributed by atoms with Gasteiger partial charge in [0.25, 0.3) is 0 Å². The third-order valence-electron chi connectivity index (χ3n) is 10.9. The monoisotopic (exact) mass is 713 g/mol. The van der Waals surface area contributed by atoms with Crippen molar-refractivity contribution in [3.8, 4) is 16.9 Å². The average Bonchev–Trinajstić information content (AvgIpc) is 3.58. The molecular weight excluding hydrogens is 670 g/mol. The lowest BCUT2D eigenvalue weighted by molar-refractivity contribution is 0.0837. The first-order valence-electron chi connectivity index (χ1n) is 18.3. The summed E-state index contributed by atoms with van der Waals surface area (Å²) in [4.78, 5) is 31.4. The third-order valence-corrected chi connectivity index (χ3v) is 10.9. The molecule has 2 atom stereocenters. The average molecular weight is 714 g/mol. The maximum atomic E-state index is 13.0. The summed E-state index contributed by atoms with van der Waals surface area (Å²) in [7, 11) is 0. The minimum absolute atomic E-state index is 0.0449. The lowest BCUT2D eigenvalue weighted by atomic mass is 9.82. The molecule has 1 amide bonds. The van der Waals surface area contributed by atoms with E-state index in [-0.39, 0.29) is 23.9 Å². The summed E-state index contributed by atoms with van der Waals surface area (Å²) < 4.78 is 1.91. The van der Waals surface area contributed by atoms with Gasteiger partial charge in [-0.25, -0.2) is 9.48 Å². The van der Waals surface area contributed by atoms with Crippen LogP contribution >= 0.6 is 0 Å². The second-order valence-corrected chi connectivity index (χ2v) is 14.2. The number of aromatic hydroxyl groups is 1. The highest BCUT2D eigenvalue weighted by Crippen LogP contribution is 2.39. The Morgan fingerprint density at radius 3 is 2.57 bits per heavy atom. The van der Waals surface area contributed by atoms with Crippen molar-refractivity contribution in [2.24, 2.45) is 5.92 Å². The highest BCUT2D eigenvalue weighted by Gasteiger charge is 2.41. The fourth-order valence-corrected chi connectivity index (χ4v) is 8.18. The van der Waals surface area contributed by atoms with E-state index in [4.69, 9.17) is 0 Å². The predicted molar refractivity (Wildman–Crippen MR) is 204 cm³/mol. The number of H-pyrrole nitrogens is 1. The molecule has 5 N–H and O–H groups in total. The van der Waals surface area contributed by atoms with Gasteiger partial charge in [-0.2, -0.15) is 0 Å². The number of aliphatic hydroxyl groups is 1. The minimum atomic E-state index is -0.900. The largest absolute Gasteiger partial charge is 0.506 e. The Kier molecular flexibility index (Phi) is 9.65. The number of phenols is 1. The molecule has 3 saturated heterocycles. The van der Waals surface area contributed by atoms with Crippen molar-refractivity contribution in [3.63, 3.8) is 0 Å². The van der Waals surface area contributed by atoms with Crippen LogP contribution in [-0.2, 0) is 19.5 Å². The number of piperidine rings is 3. The van der Waals surface area contributed by atoms with Crippen molar-refractivity contribution in [2.75, 3.05) is 31.1 Å². The van der Waals surface area contributed by atoms with E-state index in [1.54, 1.807) is 17.0 Å². The van der Waals surface area contributed by atoms with Crippen LogP contribution in [0.5, 0.6) is 5.75 Å². The molecule has 0 spiro atoms. The molecule has 53 heavy (non-hydrogen) atoms. The van der Waals surface area contributed by atoms with Gasteiger partial charge in [0.2, 0.25) is 5.56 Å². The highest BCUT2D eigenvalue weighted by molar-refractivity contribution is 5.94. The van der Waals surface area contributed by atoms with Crippen molar-refractivity contribution in [3.05, 3.63) is 118 Å². The number of aryl methyl sites for hydroxylation is 2. The molecule has 3 aliphatic heterocycles. The number of pyridine rings is 1. The lowest BCUT2D eigenvalue weighted by Crippen LogP contribution is -2.59. The Bertz CT molecular complexity index is 2320. The molecule has 9 rings (SSSR count). The topological polar surface area (TPSA) is 160 Å². The van der Waals surface area contributed by atoms with E-state index in [1.165, 1.54) is 12.1 Å². The lowest BCUT2D eigenvalue weighted by Gasteiger charge is -2.48. The number of nitrogens with zero attached hydrogens (tertiary/aromatic N) is 5. The number of nitrogens with one attached hydrogen (secondary N) is 2. The molecule has 3 aliphatic rings. The fourth-order valence-electron chi connectivity index (χ4n) is 8.18. The van der Waals surface area contributed by atoms with E-state index in [9.17, 15) is 24.9 Å². The molecule has 3 fully saturated rings. The van der Waals surface area contributed by atoms with Crippen LogP contribution in [0.4, 0.5) is 10.5 Å². The smallest absolute Gasteiger partial charge is 0.412 e. The van der Waals surface area contributed by atoms with Gasteiger partial charge in [0.1, 0.15) is 11.3 Å². The highest BCUT2D eigenvalue weighted by atomic mass is 16.4. The van der Waals surface area contributed by atoms with Gasteiger partial charge in [-0.1, -0.05) is 59.8 Å². The van der Waals surface area contributed by atoms with Crippen LogP contribution in [-0.4, -0.2) is 78.5 Å². The maximum Gasteiger partial charge on any atom is 0.412 e. The maximum absolute atomic E-state index is 13.0. The number of anilines is 1. The number of carboxylic acid groups (broad SMARTS) is 1. The van der Waals surface area contributed by atoms with Gasteiger partial charge in [0, 0.05) is 43.2 Å². The molecule has 0 unspecified atom stereocenters. The van der Waals surface area contributed by atoms with Gasteiger partial charge >= 0.3 is 6.09 Å². The number of hydrogen-bond acceptors (Lipinski definition) is 8. The summed E-state index contributed by atoms with van der Waals surface area (Å²) in [6.07, 6.45) is 1.87. The summed E-state index contributed by atoms with van der Waals surface area (Å²) in [6.45, 7) is 4.29. The normalized spacial score (nSPS) is 18.8. The van der Waals surface area contributed by atoms with Gasteiger partial charge in [0.15, 0.2) is 0 Å². The van der Waals surface area contributed by atoms with Crippen LogP contribution in [0.15, 0.2) is 95.8 Å². The summed E-state index contributed by atoms with van der Waals surface area (Å²) in [5.74, 6) is 0.323. The Hall–Kier alpha value is -5.56. The minimum Gasteiger partial charge on any atom is -0.506 e. The standard InChI is InChI=1S/C41H43N7O5/c49-37-14-11-31(32-12-15-39(51)43-40(32)37)38(50)24-42-23-27-9-13-34-33(21-27)44-45-47(34)18-4-5-26-8-10-30(28-6-2-1-3-7-28)35(22-26)48(41(52)53)36-25-46-19-16-29(36)17-20-46/h1-3,6-15,21-22,29,36,38,42,49-50H,4-5,16-20,23-25H2,(H,43,51)(H,52,53)/t36-,38+/m0/s1. The van der Waals surface area contributed by atoms with E-state index in [0.29, 0.717) is 35.5 Å². The number of phenolic OH excluding ortho intramolecular Hbond substituents is 1. The number of amides is 1. The van der Waals surface area contributed by atoms with Crippen LogP contribution in [0.1, 0.15) is 42.1 Å². The summed E-state index contributed by atoms with van der Waals surface area (Å²) in [5.41, 5.74) is 7.07. The quantitative estimate of drug-likeness (QED) is 0.108. The molecule has 12 nitrogen and oxygen atoms in total. The summed E-state index contributed by atoms with van der Waals surface area (Å²) in [5, 5.41) is 44.4. The van der Waals surface area contributed by atoms with Crippen molar-refractivity contribution >= 4 is 33.7 Å². The predicted octanol–water partition coefficient (Wildman–Crippen LogP) is 5.68. The first-order valence-corrected chi connectivity index (χ1v) is 18.3. The van der Waals surface area contributed by atoms with Crippen LogP contribution in [0.25, 0.3) is 33.1 Å². The van der Waals surface area contributed by atoms with Crippen molar-refractivity contribution in [1.82, 2.24) is 30.2 Å². The number of carbonyl (C=O) groups is 1. The van der Waals surface area contributed by atoms with Crippen molar-refractivity contribution in [2.45, 2.75) is 50.9 Å². The van der Waals surface area contributed by atoms with E-state index in [2.05, 4.69) is 43.7 Å². The number of aromatic amines is 1. The molecule has 0 radical (unpaired) electrons. The van der Waals surface area contributed by atoms with E-state index >= 15 is 0 Å². The van der Waals surface area contributed by atoms with Crippen molar-refractivity contribution < 1.29 is 20.1 Å². The Labute approximate surface area is 306 Å². The zero-order valence-electron chi connectivity index (χ0n) is 29.4. The molecule has 12 heteroatoms. The number of fused-ring (bicyclic) bond motifs is 5. The number of aliphatic hydroxyl groups excluding tert-OH is 1. The molecule has 2 bridgehead atoms. The molecule has 4 aromatic carbocycles. The number of benzene rings is 4. The second kappa shape index (κ2) is 14.8. The van der Waals surface area contributed by atoms with Crippen LogP contribution < -0.4 is 15.8 Å². The third kappa shape index (κ3) is 7.13. The zero-order chi connectivity index (χ0) is 36.5. The molecule has 0 aliphatic carbocycles. The summed E-state index contributed by atoms with van der Waals surface area (Å²) in [6, 6.07) is 28.4. The second-order valence-electron chi connectivity index (χ2n) is 14.2. The molecule has 6 aromatic rings. The van der Waals surface area contributed by atoms with Crippen LogP contribution in [0.3, 0.4) is 0 Å². The fraction of sp³-hybridized carbons (Fsp3) is 0.317. The van der Waals surface area contributed by atoms with Gasteiger partial charge in [-0.05, 0) is 97.3 Å². The van der Waals surface area contributed by atoms with Gasteiger partial charge in [-0.15, -0.1) is 5.10 Å². The summed E-state index contributed by atoms with van der Waals surface area (Å²) >= 11 is 0. The zero-order valence-corrected chi connectivity index (χ0v) is 29.4. The number of aromatic nitrogens is 4. The molecular formula is C41H43N7O5. The Morgan fingerprint density at radius 2 is 1.79 bits per heavy atom. The Balaban J connectivity index is 0.929. The van der Waals surface area contributed by atoms with Gasteiger partial charge < -0.3 is 30.5 Å². The first-order chi connectivity index (χ1) is 25.8. The van der Waals surface area contributed by atoms with E-state index in [0.717, 1.165) is 84.3 Å². The van der Waals surface area contributed by atoms with Crippen molar-refractivity contribution in [1.29, 1.82) is 0 Å². The van der Waals surface area contributed by atoms with Crippen LogP contribution in [0, 0.1) is 5.92 Å². The molecule has 272 valence electrons. The van der Waals surface area contributed by atoms with Crippen LogP contribution in [0.2, 0.25) is 0 Å². The number of rotatable bonds is 12. The van der Waals surface area contributed by atoms with Gasteiger partial charge in [-0.3, -0.25) is 9.69 Å². The first kappa shape index (κ1) is 34.5. The molecule has 5 heterocycles. The van der Waals surface area contributed by atoms with E-state index < -0.39 is 12.2 Å². The SMILES string of the molecule is O=C(O)N(c1cc(CCCn2nnc3cc(CNC[C@@H](O)c4ccc(O)c5[nH]c(=O)ccc45)ccc32)ccc1-c1ccccc1)[C@H]1CN2CCC1CC2. The molecule has 2 aromatic heterocycles. The molecule has 0 saturated carbocycles. The Morgan fingerprint density at radius 1 is 0.981 bits per heavy atom. The number of hydrogen-bond donors (Lipinski definition) is 5. The van der Waals surface area contributed by atoms with E-state index in [1.807, 2.05) is 53.2 Å².